The second kappa shape index (κ2) is 8.25. The van der Waals surface area contributed by atoms with E-state index in [0.29, 0.717) is 0 Å². The first-order valence-electron chi connectivity index (χ1n) is 7.92. The van der Waals surface area contributed by atoms with E-state index in [1.165, 1.54) is 32.4 Å². The summed E-state index contributed by atoms with van der Waals surface area (Å²) in [5.74, 6) is 1.78. The van der Waals surface area contributed by atoms with Gasteiger partial charge >= 0.3 is 0 Å². The van der Waals surface area contributed by atoms with Crippen molar-refractivity contribution in [3.8, 4) is 11.5 Å². The van der Waals surface area contributed by atoms with E-state index in [4.69, 9.17) is 9.47 Å². The Bertz CT molecular complexity index is 431. The molecule has 1 saturated heterocycles. The van der Waals surface area contributed by atoms with Gasteiger partial charge in [0.15, 0.2) is 0 Å². The van der Waals surface area contributed by atoms with Crippen LogP contribution in [0.15, 0.2) is 18.2 Å². The Morgan fingerprint density at radius 1 is 1.14 bits per heavy atom. The molecule has 2 rings (SSSR count). The van der Waals surface area contributed by atoms with Crippen LogP contribution in [0.4, 0.5) is 0 Å². The normalized spacial score (nSPS) is 17.5. The second-order valence-electron chi connectivity index (χ2n) is 5.69. The van der Waals surface area contributed by atoms with Gasteiger partial charge in [-0.1, -0.05) is 6.42 Å². The number of nitrogens with one attached hydrogen (secondary N) is 1. The van der Waals surface area contributed by atoms with E-state index in [2.05, 4.69) is 23.2 Å². The van der Waals surface area contributed by atoms with Gasteiger partial charge < -0.3 is 19.7 Å². The number of ether oxygens (including phenoxy) is 2. The molecule has 1 N–H and O–H groups in total. The first kappa shape index (κ1) is 16.1. The van der Waals surface area contributed by atoms with Crippen LogP contribution in [0.25, 0.3) is 0 Å². The van der Waals surface area contributed by atoms with Crippen molar-refractivity contribution in [1.29, 1.82) is 0 Å². The molecule has 1 aliphatic rings. The highest BCUT2D eigenvalue weighted by molar-refractivity contribution is 5.42. The molecule has 1 aliphatic heterocycles. The van der Waals surface area contributed by atoms with Crippen LogP contribution in [-0.2, 0) is 0 Å². The maximum Gasteiger partial charge on any atom is 0.123 e. The third kappa shape index (κ3) is 4.61. The lowest BCUT2D eigenvalue weighted by atomic mass is 10.1. The topological polar surface area (TPSA) is 33.7 Å². The summed E-state index contributed by atoms with van der Waals surface area (Å²) in [6.07, 6.45) is 4.08. The summed E-state index contributed by atoms with van der Waals surface area (Å²) in [6, 6.07) is 6.21. The predicted molar refractivity (Wildman–Crippen MR) is 86.3 cm³/mol. The largest absolute Gasteiger partial charge is 0.497 e. The summed E-state index contributed by atoms with van der Waals surface area (Å²) in [6.45, 7) is 6.79. The third-order valence-electron chi connectivity index (χ3n) is 4.23. The molecule has 0 saturated carbocycles. The molecule has 1 fully saturated rings. The number of rotatable bonds is 7. The van der Waals surface area contributed by atoms with Gasteiger partial charge in [0.2, 0.25) is 0 Å². The van der Waals surface area contributed by atoms with Crippen molar-refractivity contribution in [2.75, 3.05) is 40.4 Å². The summed E-state index contributed by atoms with van der Waals surface area (Å²) in [5.41, 5.74) is 1.15. The molecule has 0 radical (unpaired) electrons. The maximum atomic E-state index is 5.46. The molecule has 4 nitrogen and oxygen atoms in total. The van der Waals surface area contributed by atoms with E-state index in [1.807, 2.05) is 12.1 Å². The molecule has 1 heterocycles. The van der Waals surface area contributed by atoms with Crippen LogP contribution in [0, 0.1) is 0 Å². The average molecular weight is 292 g/mol. The van der Waals surface area contributed by atoms with Crippen LogP contribution in [0.3, 0.4) is 0 Å². The fourth-order valence-corrected chi connectivity index (χ4v) is 2.91. The number of benzene rings is 1. The highest BCUT2D eigenvalue weighted by atomic mass is 16.5. The molecule has 0 bridgehead atoms. The zero-order chi connectivity index (χ0) is 15.1. The number of hydrogen-bond donors (Lipinski definition) is 1. The molecule has 1 aromatic carbocycles. The Labute approximate surface area is 128 Å². The Kier molecular flexibility index (Phi) is 6.33. The summed E-state index contributed by atoms with van der Waals surface area (Å²) >= 11 is 0. The minimum atomic E-state index is 0.250. The lowest BCUT2D eigenvalue weighted by Crippen LogP contribution is -2.36. The van der Waals surface area contributed by atoms with Gasteiger partial charge in [-0.3, -0.25) is 0 Å². The molecular weight excluding hydrogens is 264 g/mol. The summed E-state index contributed by atoms with van der Waals surface area (Å²) in [4.78, 5) is 2.55. The van der Waals surface area contributed by atoms with Crippen LogP contribution >= 0.6 is 0 Å². The quantitative estimate of drug-likeness (QED) is 0.838. The van der Waals surface area contributed by atoms with Gasteiger partial charge in [-0.05, 0) is 51.1 Å². The highest BCUT2D eigenvalue weighted by Crippen LogP contribution is 2.29. The van der Waals surface area contributed by atoms with Crippen molar-refractivity contribution in [3.63, 3.8) is 0 Å². The van der Waals surface area contributed by atoms with Crippen LogP contribution < -0.4 is 14.8 Å². The molecule has 0 aromatic heterocycles. The van der Waals surface area contributed by atoms with Crippen molar-refractivity contribution in [1.82, 2.24) is 10.2 Å². The van der Waals surface area contributed by atoms with E-state index in [1.54, 1.807) is 14.2 Å². The minimum absolute atomic E-state index is 0.250. The van der Waals surface area contributed by atoms with Crippen LogP contribution in [-0.4, -0.2) is 45.3 Å². The number of likely N-dealkylation sites (tertiary alicyclic amines) is 1. The fourth-order valence-electron chi connectivity index (χ4n) is 2.91. The van der Waals surface area contributed by atoms with Crippen molar-refractivity contribution >= 4 is 0 Å². The minimum Gasteiger partial charge on any atom is -0.497 e. The van der Waals surface area contributed by atoms with Crippen LogP contribution in [0.5, 0.6) is 11.5 Å². The molecule has 118 valence electrons. The fraction of sp³-hybridized carbons (Fsp3) is 0.647. The van der Waals surface area contributed by atoms with Gasteiger partial charge in [0.05, 0.1) is 14.2 Å². The highest BCUT2D eigenvalue weighted by Gasteiger charge is 2.14. The van der Waals surface area contributed by atoms with Gasteiger partial charge in [-0.25, -0.2) is 0 Å². The molecule has 1 atom stereocenters. The van der Waals surface area contributed by atoms with Crippen molar-refractivity contribution in [3.05, 3.63) is 23.8 Å². The number of hydrogen-bond acceptors (Lipinski definition) is 4. The Morgan fingerprint density at radius 2 is 1.90 bits per heavy atom. The summed E-state index contributed by atoms with van der Waals surface area (Å²) < 4.78 is 10.8. The monoisotopic (exact) mass is 292 g/mol. The zero-order valence-electron chi connectivity index (χ0n) is 13.5. The van der Waals surface area contributed by atoms with Gasteiger partial charge in [0, 0.05) is 24.7 Å². The molecule has 4 heteroatoms. The molecule has 1 aromatic rings. The van der Waals surface area contributed by atoms with Gasteiger partial charge in [0.25, 0.3) is 0 Å². The van der Waals surface area contributed by atoms with Gasteiger partial charge in [-0.2, -0.15) is 0 Å². The SMILES string of the molecule is COc1ccc(OC)c(C(C)NCCN2CCCCC2)c1. The summed E-state index contributed by atoms with van der Waals surface area (Å²) in [7, 11) is 3.41. The van der Waals surface area contributed by atoms with Crippen LogP contribution in [0.2, 0.25) is 0 Å². The van der Waals surface area contributed by atoms with E-state index in [-0.39, 0.29) is 6.04 Å². The van der Waals surface area contributed by atoms with E-state index in [9.17, 15) is 0 Å². The number of nitrogens with zero attached hydrogens (tertiary/aromatic N) is 1. The van der Waals surface area contributed by atoms with Gasteiger partial charge in [-0.15, -0.1) is 0 Å². The molecule has 21 heavy (non-hydrogen) atoms. The number of methoxy groups -OCH3 is 2. The third-order valence-corrected chi connectivity index (χ3v) is 4.23. The molecular formula is C17H28N2O2. The summed E-state index contributed by atoms with van der Waals surface area (Å²) in [5, 5.41) is 3.60. The first-order chi connectivity index (χ1) is 10.2. The molecule has 0 amide bonds. The van der Waals surface area contributed by atoms with Crippen molar-refractivity contribution < 1.29 is 9.47 Å². The Balaban J connectivity index is 1.88. The van der Waals surface area contributed by atoms with E-state index < -0.39 is 0 Å². The standard InChI is InChI=1S/C17H28N2O2/c1-14(18-9-12-19-10-5-4-6-11-19)16-13-15(20-2)7-8-17(16)21-3/h7-8,13-14,18H,4-6,9-12H2,1-3H3. The maximum absolute atomic E-state index is 5.46. The Morgan fingerprint density at radius 3 is 2.57 bits per heavy atom. The van der Waals surface area contributed by atoms with Gasteiger partial charge in [0.1, 0.15) is 11.5 Å². The van der Waals surface area contributed by atoms with E-state index >= 15 is 0 Å². The molecule has 1 unspecified atom stereocenters. The van der Waals surface area contributed by atoms with E-state index in [0.717, 1.165) is 30.2 Å². The lowest BCUT2D eigenvalue weighted by Gasteiger charge is -2.27. The number of piperidine rings is 1. The van der Waals surface area contributed by atoms with Crippen molar-refractivity contribution in [2.45, 2.75) is 32.2 Å². The average Bonchev–Trinajstić information content (AvgIpc) is 2.55. The predicted octanol–water partition coefficient (Wildman–Crippen LogP) is 2.84. The molecule has 0 spiro atoms. The lowest BCUT2D eigenvalue weighted by molar-refractivity contribution is 0.226. The van der Waals surface area contributed by atoms with Crippen molar-refractivity contribution in [2.24, 2.45) is 0 Å². The van der Waals surface area contributed by atoms with Crippen LogP contribution in [0.1, 0.15) is 37.8 Å². The smallest absolute Gasteiger partial charge is 0.123 e. The first-order valence-corrected chi connectivity index (χ1v) is 7.92. The second-order valence-corrected chi connectivity index (χ2v) is 5.69. The molecule has 0 aliphatic carbocycles. The Hall–Kier alpha value is -1.26. The zero-order valence-corrected chi connectivity index (χ0v) is 13.5.